The summed E-state index contributed by atoms with van der Waals surface area (Å²) < 4.78 is 24.7. The summed E-state index contributed by atoms with van der Waals surface area (Å²) in [5.41, 5.74) is 0.802. The van der Waals surface area contributed by atoms with Crippen molar-refractivity contribution in [2.75, 3.05) is 12.3 Å². The zero-order valence-electron chi connectivity index (χ0n) is 8.78. The second-order valence-corrected chi connectivity index (χ2v) is 5.95. The summed E-state index contributed by atoms with van der Waals surface area (Å²) in [6.07, 6.45) is 0.445. The lowest BCUT2D eigenvalue weighted by Gasteiger charge is -2.05. The molecule has 0 aromatic heterocycles. The first-order chi connectivity index (χ1) is 7.94. The Balaban J connectivity index is 2.55. The largest absolute Gasteiger partial charge is 0.225 e. The van der Waals surface area contributed by atoms with Crippen LogP contribution < -0.4 is 4.72 Å². The van der Waals surface area contributed by atoms with Gasteiger partial charge in [0.1, 0.15) is 0 Å². The molecule has 0 saturated carbocycles. The van der Waals surface area contributed by atoms with Crippen LogP contribution in [0.1, 0.15) is 5.56 Å². The van der Waals surface area contributed by atoms with Crippen LogP contribution in [-0.4, -0.2) is 20.7 Å². The quantitative estimate of drug-likeness (QED) is 0.902. The predicted molar refractivity (Wildman–Crippen MR) is 67.6 cm³/mol. The number of sulfonamides is 1. The summed E-state index contributed by atoms with van der Waals surface area (Å²) in [6.45, 7) is 0.200. The molecule has 0 fully saturated rings. The number of benzene rings is 1. The topological polar surface area (TPSA) is 70.0 Å². The fraction of sp³-hybridized carbons (Fsp3) is 0.300. The number of hydrogen-bond donors (Lipinski definition) is 1. The van der Waals surface area contributed by atoms with Gasteiger partial charge in [-0.2, -0.15) is 5.26 Å². The van der Waals surface area contributed by atoms with Gasteiger partial charge in [0, 0.05) is 16.6 Å². The molecule has 0 saturated heterocycles. The molecule has 1 N–H and O–H groups in total. The standard InChI is InChI=1S/C10H10Cl2N2O2S/c11-9-2-1-8(10(12)7-9)3-5-14-17(15,16)6-4-13/h1-2,7,14H,3,5-6H2. The molecular formula is C10H10Cl2N2O2S. The highest BCUT2D eigenvalue weighted by atomic mass is 35.5. The average molecular weight is 293 g/mol. The van der Waals surface area contributed by atoms with Gasteiger partial charge in [0.15, 0.2) is 5.75 Å². The second-order valence-electron chi connectivity index (χ2n) is 3.30. The lowest BCUT2D eigenvalue weighted by Crippen LogP contribution is -2.27. The molecule has 17 heavy (non-hydrogen) atoms. The minimum atomic E-state index is -3.50. The Morgan fingerprint density at radius 2 is 2.06 bits per heavy atom. The molecule has 0 heterocycles. The van der Waals surface area contributed by atoms with E-state index in [4.69, 9.17) is 28.5 Å². The number of hydrogen-bond acceptors (Lipinski definition) is 3. The molecule has 4 nitrogen and oxygen atoms in total. The smallest absolute Gasteiger partial charge is 0.214 e. The summed E-state index contributed by atoms with van der Waals surface area (Å²) in [4.78, 5) is 0. The van der Waals surface area contributed by atoms with Crippen molar-refractivity contribution in [2.24, 2.45) is 0 Å². The van der Waals surface area contributed by atoms with Crippen LogP contribution in [0.3, 0.4) is 0 Å². The molecule has 1 aromatic rings. The maximum absolute atomic E-state index is 11.2. The van der Waals surface area contributed by atoms with Gasteiger partial charge < -0.3 is 0 Å². The zero-order chi connectivity index (χ0) is 12.9. The van der Waals surface area contributed by atoms with Gasteiger partial charge in [-0.15, -0.1) is 0 Å². The number of nitriles is 1. The molecule has 7 heteroatoms. The Morgan fingerprint density at radius 3 is 2.65 bits per heavy atom. The number of halogens is 2. The summed E-state index contributed by atoms with van der Waals surface area (Å²) in [7, 11) is -3.50. The zero-order valence-corrected chi connectivity index (χ0v) is 11.1. The van der Waals surface area contributed by atoms with Gasteiger partial charge in [-0.05, 0) is 24.1 Å². The maximum atomic E-state index is 11.2. The Kier molecular flexibility index (Phi) is 5.22. The van der Waals surface area contributed by atoms with E-state index in [0.717, 1.165) is 5.56 Å². The summed E-state index contributed by atoms with van der Waals surface area (Å²) in [5.74, 6) is -0.540. The fourth-order valence-electron chi connectivity index (χ4n) is 1.20. The van der Waals surface area contributed by atoms with Crippen LogP contribution in [0.4, 0.5) is 0 Å². The summed E-state index contributed by atoms with van der Waals surface area (Å²) in [5, 5.41) is 9.32. The molecule has 0 bridgehead atoms. The Morgan fingerprint density at radius 1 is 1.35 bits per heavy atom. The van der Waals surface area contributed by atoms with E-state index in [0.29, 0.717) is 16.5 Å². The third kappa shape index (κ3) is 4.92. The van der Waals surface area contributed by atoms with Crippen molar-refractivity contribution in [3.05, 3.63) is 33.8 Å². The number of nitrogens with zero attached hydrogens (tertiary/aromatic N) is 1. The van der Waals surface area contributed by atoms with Crippen LogP contribution >= 0.6 is 23.2 Å². The highest BCUT2D eigenvalue weighted by Crippen LogP contribution is 2.21. The molecule has 0 atom stereocenters. The van der Waals surface area contributed by atoms with Crippen LogP contribution in [0.2, 0.25) is 10.0 Å². The van der Waals surface area contributed by atoms with Crippen molar-refractivity contribution < 1.29 is 8.42 Å². The minimum Gasteiger partial charge on any atom is -0.214 e. The van der Waals surface area contributed by atoms with Crippen molar-refractivity contribution >= 4 is 33.2 Å². The normalized spacial score (nSPS) is 11.1. The van der Waals surface area contributed by atoms with Crippen LogP contribution in [0, 0.1) is 11.3 Å². The van der Waals surface area contributed by atoms with Gasteiger partial charge >= 0.3 is 0 Å². The molecule has 0 radical (unpaired) electrons. The lowest BCUT2D eigenvalue weighted by molar-refractivity contribution is 0.585. The second kappa shape index (κ2) is 6.22. The van der Waals surface area contributed by atoms with Gasteiger partial charge in [0.2, 0.25) is 10.0 Å². The third-order valence-corrected chi connectivity index (χ3v) is 3.73. The van der Waals surface area contributed by atoms with Crippen molar-refractivity contribution in [2.45, 2.75) is 6.42 Å². The molecule has 1 rings (SSSR count). The highest BCUT2D eigenvalue weighted by molar-refractivity contribution is 7.89. The number of nitrogens with one attached hydrogen (secondary N) is 1. The van der Waals surface area contributed by atoms with Gasteiger partial charge in [-0.1, -0.05) is 29.3 Å². The predicted octanol–water partition coefficient (Wildman–Crippen LogP) is 1.98. The lowest BCUT2D eigenvalue weighted by atomic mass is 10.1. The van der Waals surface area contributed by atoms with Crippen LogP contribution in [-0.2, 0) is 16.4 Å². The molecule has 0 aliphatic carbocycles. The van der Waals surface area contributed by atoms with Crippen molar-refractivity contribution in [1.82, 2.24) is 4.72 Å². The van der Waals surface area contributed by atoms with E-state index < -0.39 is 15.8 Å². The van der Waals surface area contributed by atoms with Crippen molar-refractivity contribution in [3.8, 4) is 6.07 Å². The highest BCUT2D eigenvalue weighted by Gasteiger charge is 2.09. The van der Waals surface area contributed by atoms with E-state index >= 15 is 0 Å². The molecule has 0 aliphatic rings. The molecule has 0 spiro atoms. The molecule has 0 unspecified atom stereocenters. The molecule has 1 aromatic carbocycles. The fourth-order valence-corrected chi connectivity index (χ4v) is 2.39. The monoisotopic (exact) mass is 292 g/mol. The van der Waals surface area contributed by atoms with Crippen molar-refractivity contribution in [1.29, 1.82) is 5.26 Å². The summed E-state index contributed by atoms with van der Waals surface area (Å²) >= 11 is 11.7. The van der Waals surface area contributed by atoms with E-state index in [-0.39, 0.29) is 6.54 Å². The molecule has 92 valence electrons. The molecule has 0 amide bonds. The van der Waals surface area contributed by atoms with Gasteiger partial charge in [-0.3, -0.25) is 0 Å². The minimum absolute atomic E-state index is 0.200. The Hall–Kier alpha value is -0.800. The SMILES string of the molecule is N#CCS(=O)(=O)NCCc1ccc(Cl)cc1Cl. The van der Waals surface area contributed by atoms with E-state index in [9.17, 15) is 8.42 Å². The first kappa shape index (κ1) is 14.3. The summed E-state index contributed by atoms with van der Waals surface area (Å²) in [6, 6.07) is 6.61. The van der Waals surface area contributed by atoms with E-state index in [1.54, 1.807) is 24.3 Å². The van der Waals surface area contributed by atoms with Crippen LogP contribution in [0.15, 0.2) is 18.2 Å². The number of rotatable bonds is 5. The van der Waals surface area contributed by atoms with Crippen molar-refractivity contribution in [3.63, 3.8) is 0 Å². The van der Waals surface area contributed by atoms with E-state index in [1.807, 2.05) is 0 Å². The Bertz CT molecular complexity index is 538. The molecular weight excluding hydrogens is 283 g/mol. The first-order valence-electron chi connectivity index (χ1n) is 4.73. The van der Waals surface area contributed by atoms with Gasteiger partial charge in [0.25, 0.3) is 0 Å². The van der Waals surface area contributed by atoms with Gasteiger partial charge in [-0.25, -0.2) is 13.1 Å². The van der Waals surface area contributed by atoms with E-state index in [1.165, 1.54) is 0 Å². The van der Waals surface area contributed by atoms with Crippen LogP contribution in [0.5, 0.6) is 0 Å². The molecule has 0 aliphatic heterocycles. The first-order valence-corrected chi connectivity index (χ1v) is 7.13. The average Bonchev–Trinajstić information content (AvgIpc) is 2.21. The van der Waals surface area contributed by atoms with E-state index in [2.05, 4.69) is 4.72 Å². The van der Waals surface area contributed by atoms with Crippen LogP contribution in [0.25, 0.3) is 0 Å². The van der Waals surface area contributed by atoms with Gasteiger partial charge in [0.05, 0.1) is 6.07 Å². The third-order valence-electron chi connectivity index (χ3n) is 1.99. The maximum Gasteiger partial charge on any atom is 0.225 e. The Labute approximate surface area is 110 Å².